The monoisotopic (exact) mass is 252 g/mol. The van der Waals surface area contributed by atoms with Gasteiger partial charge in [-0.2, -0.15) is 0 Å². The first-order valence-electron chi connectivity index (χ1n) is 7.17. The molecule has 0 saturated carbocycles. The van der Waals surface area contributed by atoms with E-state index in [-0.39, 0.29) is 0 Å². The highest BCUT2D eigenvalue weighted by Gasteiger charge is 2.12. The fraction of sp³-hybridized carbons (Fsp3) is 0.368. The molecule has 0 radical (unpaired) electrons. The summed E-state index contributed by atoms with van der Waals surface area (Å²) in [5.41, 5.74) is 5.91. The van der Waals surface area contributed by atoms with Crippen molar-refractivity contribution in [1.29, 1.82) is 0 Å². The van der Waals surface area contributed by atoms with E-state index in [1.165, 1.54) is 22.3 Å². The maximum Gasteiger partial charge on any atom is -0.0152 e. The van der Waals surface area contributed by atoms with E-state index in [1.54, 1.807) is 0 Å². The minimum absolute atomic E-state index is 0.336. The normalized spacial score (nSPS) is 11.6. The van der Waals surface area contributed by atoms with Crippen LogP contribution in [-0.4, -0.2) is 0 Å². The van der Waals surface area contributed by atoms with Crippen LogP contribution in [-0.2, 0) is 12.8 Å². The Morgan fingerprint density at radius 3 is 2.32 bits per heavy atom. The summed E-state index contributed by atoms with van der Waals surface area (Å²) in [6.45, 7) is 9.09. The zero-order valence-electron chi connectivity index (χ0n) is 12.5. The Balaban J connectivity index is 2.38. The summed E-state index contributed by atoms with van der Waals surface area (Å²) in [6, 6.07) is 17.7. The average Bonchev–Trinajstić information content (AvgIpc) is 2.37. The van der Waals surface area contributed by atoms with Gasteiger partial charge in [0.05, 0.1) is 0 Å². The Morgan fingerprint density at radius 1 is 0.895 bits per heavy atom. The highest BCUT2D eigenvalue weighted by molar-refractivity contribution is 5.68. The van der Waals surface area contributed by atoms with Crippen LogP contribution in [0, 0.1) is 5.41 Å². The maximum atomic E-state index is 2.35. The molecule has 100 valence electrons. The van der Waals surface area contributed by atoms with Gasteiger partial charge < -0.3 is 0 Å². The lowest BCUT2D eigenvalue weighted by Gasteiger charge is -2.19. The molecular weight excluding hydrogens is 228 g/mol. The first-order chi connectivity index (χ1) is 8.99. The van der Waals surface area contributed by atoms with Crippen LogP contribution in [0.5, 0.6) is 0 Å². The molecule has 0 atom stereocenters. The zero-order valence-corrected chi connectivity index (χ0v) is 12.5. The Kier molecular flexibility index (Phi) is 4.09. The highest BCUT2D eigenvalue weighted by atomic mass is 14.2. The van der Waals surface area contributed by atoms with E-state index >= 15 is 0 Å². The number of benzene rings is 2. The van der Waals surface area contributed by atoms with Gasteiger partial charge in [-0.15, -0.1) is 0 Å². The summed E-state index contributed by atoms with van der Waals surface area (Å²) in [6.07, 6.45) is 2.20. The Bertz CT molecular complexity index is 544. The van der Waals surface area contributed by atoms with Gasteiger partial charge in [0, 0.05) is 0 Å². The van der Waals surface area contributed by atoms with Crippen LogP contribution in [0.15, 0.2) is 48.5 Å². The summed E-state index contributed by atoms with van der Waals surface area (Å²) in [5.74, 6) is 0. The zero-order chi connectivity index (χ0) is 13.9. The van der Waals surface area contributed by atoms with Crippen molar-refractivity contribution in [3.05, 3.63) is 59.7 Å². The van der Waals surface area contributed by atoms with E-state index < -0.39 is 0 Å². The maximum absolute atomic E-state index is 2.35. The SMILES string of the molecule is CCc1ccccc1-c1cccc(CC(C)(C)C)c1. The van der Waals surface area contributed by atoms with Gasteiger partial charge in [-0.25, -0.2) is 0 Å². The van der Waals surface area contributed by atoms with Crippen LogP contribution in [0.1, 0.15) is 38.8 Å². The molecule has 0 spiro atoms. The molecule has 2 aromatic rings. The molecular formula is C19H24. The van der Waals surface area contributed by atoms with Gasteiger partial charge in [0.25, 0.3) is 0 Å². The second kappa shape index (κ2) is 5.61. The first-order valence-corrected chi connectivity index (χ1v) is 7.17. The topological polar surface area (TPSA) is 0 Å². The number of aryl methyl sites for hydroxylation is 1. The van der Waals surface area contributed by atoms with Gasteiger partial charge >= 0.3 is 0 Å². The highest BCUT2D eigenvalue weighted by Crippen LogP contribution is 2.27. The predicted octanol–water partition coefficient (Wildman–Crippen LogP) is 5.50. The molecule has 0 heterocycles. The van der Waals surface area contributed by atoms with Crippen LogP contribution >= 0.6 is 0 Å². The number of rotatable bonds is 3. The van der Waals surface area contributed by atoms with Gasteiger partial charge in [-0.05, 0) is 40.5 Å². The quantitative estimate of drug-likeness (QED) is 0.676. The molecule has 0 N–H and O–H groups in total. The Labute approximate surface area is 117 Å². The molecule has 19 heavy (non-hydrogen) atoms. The van der Waals surface area contributed by atoms with Crippen molar-refractivity contribution in [2.45, 2.75) is 40.5 Å². The van der Waals surface area contributed by atoms with Crippen molar-refractivity contribution >= 4 is 0 Å². The van der Waals surface area contributed by atoms with E-state index in [9.17, 15) is 0 Å². The van der Waals surface area contributed by atoms with Crippen molar-refractivity contribution in [3.8, 4) is 11.1 Å². The molecule has 0 bridgehead atoms. The van der Waals surface area contributed by atoms with E-state index in [4.69, 9.17) is 0 Å². The average molecular weight is 252 g/mol. The third kappa shape index (κ3) is 3.70. The number of hydrogen-bond donors (Lipinski definition) is 0. The van der Waals surface area contributed by atoms with Crippen molar-refractivity contribution in [2.75, 3.05) is 0 Å². The largest absolute Gasteiger partial charge is 0.0620 e. The lowest BCUT2D eigenvalue weighted by Crippen LogP contribution is -2.09. The van der Waals surface area contributed by atoms with Gasteiger partial charge in [-0.3, -0.25) is 0 Å². The van der Waals surface area contributed by atoms with Crippen molar-refractivity contribution in [1.82, 2.24) is 0 Å². The summed E-state index contributed by atoms with van der Waals surface area (Å²) in [5, 5.41) is 0. The van der Waals surface area contributed by atoms with E-state index in [0.717, 1.165) is 12.8 Å². The summed E-state index contributed by atoms with van der Waals surface area (Å²) >= 11 is 0. The molecule has 0 aliphatic carbocycles. The minimum Gasteiger partial charge on any atom is -0.0620 e. The standard InChI is InChI=1S/C19H24/c1-5-16-10-6-7-12-18(16)17-11-8-9-15(13-17)14-19(2,3)4/h6-13H,5,14H2,1-4H3. The molecule has 0 nitrogen and oxygen atoms in total. The molecule has 0 saturated heterocycles. The molecule has 0 fully saturated rings. The lowest BCUT2D eigenvalue weighted by atomic mass is 9.87. The summed E-state index contributed by atoms with van der Waals surface area (Å²) < 4.78 is 0. The Hall–Kier alpha value is -1.56. The minimum atomic E-state index is 0.336. The lowest BCUT2D eigenvalue weighted by molar-refractivity contribution is 0.411. The first kappa shape index (κ1) is 13.9. The molecule has 2 rings (SSSR count). The predicted molar refractivity (Wildman–Crippen MR) is 84.4 cm³/mol. The molecule has 0 aromatic heterocycles. The van der Waals surface area contributed by atoms with Crippen molar-refractivity contribution < 1.29 is 0 Å². The molecule has 0 unspecified atom stereocenters. The smallest absolute Gasteiger partial charge is 0.0152 e. The fourth-order valence-electron chi connectivity index (χ4n) is 2.57. The van der Waals surface area contributed by atoms with Gasteiger partial charge in [-0.1, -0.05) is 76.2 Å². The van der Waals surface area contributed by atoms with E-state index in [1.807, 2.05) is 0 Å². The molecule has 0 aliphatic rings. The van der Waals surface area contributed by atoms with Crippen molar-refractivity contribution in [2.24, 2.45) is 5.41 Å². The molecule has 0 aliphatic heterocycles. The van der Waals surface area contributed by atoms with Crippen LogP contribution in [0.4, 0.5) is 0 Å². The summed E-state index contributed by atoms with van der Waals surface area (Å²) in [4.78, 5) is 0. The third-order valence-electron chi connectivity index (χ3n) is 3.37. The van der Waals surface area contributed by atoms with Crippen LogP contribution in [0.25, 0.3) is 11.1 Å². The van der Waals surface area contributed by atoms with Crippen LogP contribution in [0.3, 0.4) is 0 Å². The van der Waals surface area contributed by atoms with Crippen molar-refractivity contribution in [3.63, 3.8) is 0 Å². The van der Waals surface area contributed by atoms with E-state index in [0.29, 0.717) is 5.41 Å². The Morgan fingerprint density at radius 2 is 1.63 bits per heavy atom. The van der Waals surface area contributed by atoms with E-state index in [2.05, 4.69) is 76.2 Å². The fourth-order valence-corrected chi connectivity index (χ4v) is 2.57. The molecule has 0 amide bonds. The van der Waals surface area contributed by atoms with Crippen LogP contribution in [0.2, 0.25) is 0 Å². The molecule has 2 aromatic carbocycles. The number of hydrogen-bond acceptors (Lipinski definition) is 0. The van der Waals surface area contributed by atoms with Gasteiger partial charge in [0.2, 0.25) is 0 Å². The van der Waals surface area contributed by atoms with Gasteiger partial charge in [0.15, 0.2) is 0 Å². The van der Waals surface area contributed by atoms with Gasteiger partial charge in [0.1, 0.15) is 0 Å². The summed E-state index contributed by atoms with van der Waals surface area (Å²) in [7, 11) is 0. The third-order valence-corrected chi connectivity index (χ3v) is 3.37. The second-order valence-electron chi connectivity index (χ2n) is 6.45. The molecule has 0 heteroatoms. The van der Waals surface area contributed by atoms with Crippen LogP contribution < -0.4 is 0 Å². The second-order valence-corrected chi connectivity index (χ2v) is 6.45.